The third kappa shape index (κ3) is 2.61. The minimum absolute atomic E-state index is 0.318. The topological polar surface area (TPSA) is 40.8 Å². The summed E-state index contributed by atoms with van der Waals surface area (Å²) in [6.45, 7) is 5.71. The van der Waals surface area contributed by atoms with Gasteiger partial charge in [0.25, 0.3) is 0 Å². The fourth-order valence-electron chi connectivity index (χ4n) is 1.51. The number of hydrogen-bond donors (Lipinski definition) is 1. The molecular weight excluding hydrogens is 174 g/mol. The molecule has 0 aromatic carbocycles. The fourth-order valence-corrected chi connectivity index (χ4v) is 1.51. The summed E-state index contributed by atoms with van der Waals surface area (Å²) in [7, 11) is 0. The molecule has 1 aromatic heterocycles. The van der Waals surface area contributed by atoms with Crippen LogP contribution in [-0.4, -0.2) is 11.1 Å². The predicted molar refractivity (Wildman–Crippen MR) is 56.8 cm³/mol. The maximum absolute atomic E-state index is 8.63. The van der Waals surface area contributed by atoms with Crippen molar-refractivity contribution in [1.82, 2.24) is 9.88 Å². The maximum atomic E-state index is 8.63. The molecule has 0 amide bonds. The molecule has 1 heterocycles. The van der Waals surface area contributed by atoms with Crippen molar-refractivity contribution in [2.45, 2.75) is 32.9 Å². The van der Waals surface area contributed by atoms with E-state index in [2.05, 4.69) is 31.3 Å². The quantitative estimate of drug-likeness (QED) is 0.774. The van der Waals surface area contributed by atoms with Crippen LogP contribution >= 0.6 is 0 Å². The first kappa shape index (κ1) is 10.8. The van der Waals surface area contributed by atoms with E-state index in [1.807, 2.05) is 16.8 Å². The molecule has 0 bridgehead atoms. The van der Waals surface area contributed by atoms with Gasteiger partial charge in [-0.15, -0.1) is 0 Å². The summed E-state index contributed by atoms with van der Waals surface area (Å²) in [6, 6.07) is 6.52. The van der Waals surface area contributed by atoms with Crippen molar-refractivity contribution in [2.24, 2.45) is 0 Å². The number of hydrogen-bond acceptors (Lipinski definition) is 2. The van der Waals surface area contributed by atoms with Crippen LogP contribution in [0.3, 0.4) is 0 Å². The van der Waals surface area contributed by atoms with Crippen LogP contribution < -0.4 is 5.32 Å². The normalized spacial score (nSPS) is 12.4. The number of aromatic nitrogens is 1. The average molecular weight is 191 g/mol. The van der Waals surface area contributed by atoms with Gasteiger partial charge in [0.2, 0.25) is 0 Å². The number of nitriles is 1. The number of nitrogens with one attached hydrogen (secondary N) is 1. The molecule has 0 aliphatic heterocycles. The second kappa shape index (κ2) is 5.46. The summed E-state index contributed by atoms with van der Waals surface area (Å²) in [5.41, 5.74) is 1.18. The lowest BCUT2D eigenvalue weighted by molar-refractivity contribution is 0.537. The van der Waals surface area contributed by atoms with Crippen LogP contribution in [0.15, 0.2) is 18.3 Å². The SMILES string of the molecule is CCCNC(C)c1cccn1CC#N. The summed E-state index contributed by atoms with van der Waals surface area (Å²) >= 11 is 0. The molecule has 3 nitrogen and oxygen atoms in total. The van der Waals surface area contributed by atoms with Gasteiger partial charge in [-0.3, -0.25) is 0 Å². The van der Waals surface area contributed by atoms with Crippen molar-refractivity contribution < 1.29 is 0 Å². The second-order valence-electron chi connectivity index (χ2n) is 3.39. The van der Waals surface area contributed by atoms with Crippen LogP contribution in [0, 0.1) is 11.3 Å². The van der Waals surface area contributed by atoms with Crippen LogP contribution in [0.25, 0.3) is 0 Å². The Labute approximate surface area is 85.3 Å². The van der Waals surface area contributed by atoms with E-state index in [1.54, 1.807) is 0 Å². The van der Waals surface area contributed by atoms with E-state index in [9.17, 15) is 0 Å². The molecule has 0 aliphatic rings. The molecule has 3 heteroatoms. The van der Waals surface area contributed by atoms with Gasteiger partial charge in [-0.2, -0.15) is 5.26 Å². The summed E-state index contributed by atoms with van der Waals surface area (Å²) in [5.74, 6) is 0. The van der Waals surface area contributed by atoms with E-state index in [1.165, 1.54) is 5.69 Å². The van der Waals surface area contributed by atoms with Gasteiger partial charge in [0.1, 0.15) is 6.54 Å². The summed E-state index contributed by atoms with van der Waals surface area (Å²) in [5, 5.41) is 12.0. The predicted octanol–water partition coefficient (Wildman–Crippen LogP) is 2.07. The first-order valence-corrected chi connectivity index (χ1v) is 5.05. The first-order valence-electron chi connectivity index (χ1n) is 5.05. The first-order chi connectivity index (χ1) is 6.79. The summed E-state index contributed by atoms with van der Waals surface area (Å²) in [4.78, 5) is 0. The van der Waals surface area contributed by atoms with E-state index in [4.69, 9.17) is 5.26 Å². The van der Waals surface area contributed by atoms with Crippen LogP contribution in [0.4, 0.5) is 0 Å². The van der Waals surface area contributed by atoms with Gasteiger partial charge in [0, 0.05) is 17.9 Å². The highest BCUT2D eigenvalue weighted by molar-refractivity contribution is 5.12. The molecule has 0 radical (unpaired) electrons. The zero-order chi connectivity index (χ0) is 10.4. The molecule has 0 aliphatic carbocycles. The Morgan fingerprint density at radius 1 is 1.64 bits per heavy atom. The fraction of sp³-hybridized carbons (Fsp3) is 0.545. The molecular formula is C11H17N3. The molecule has 1 rings (SSSR count). The molecule has 1 atom stereocenters. The molecule has 0 saturated carbocycles. The monoisotopic (exact) mass is 191 g/mol. The Morgan fingerprint density at radius 2 is 2.43 bits per heavy atom. The minimum Gasteiger partial charge on any atom is -0.336 e. The van der Waals surface area contributed by atoms with E-state index in [-0.39, 0.29) is 0 Å². The highest BCUT2D eigenvalue weighted by Crippen LogP contribution is 2.12. The van der Waals surface area contributed by atoms with Gasteiger partial charge >= 0.3 is 0 Å². The third-order valence-corrected chi connectivity index (χ3v) is 2.25. The van der Waals surface area contributed by atoms with Gasteiger partial charge in [-0.05, 0) is 32.0 Å². The minimum atomic E-state index is 0.318. The van der Waals surface area contributed by atoms with E-state index >= 15 is 0 Å². The Hall–Kier alpha value is -1.27. The Morgan fingerprint density at radius 3 is 3.07 bits per heavy atom. The lowest BCUT2D eigenvalue weighted by Gasteiger charge is -2.15. The van der Waals surface area contributed by atoms with E-state index in [0.29, 0.717) is 12.6 Å². The molecule has 1 N–H and O–H groups in total. The smallest absolute Gasteiger partial charge is 0.109 e. The summed E-state index contributed by atoms with van der Waals surface area (Å²) < 4.78 is 1.98. The van der Waals surface area contributed by atoms with Crippen molar-refractivity contribution in [1.29, 1.82) is 5.26 Å². The third-order valence-electron chi connectivity index (χ3n) is 2.25. The molecule has 76 valence electrons. The Bertz CT molecular complexity index is 309. The van der Waals surface area contributed by atoms with Crippen molar-refractivity contribution >= 4 is 0 Å². The molecule has 0 fully saturated rings. The lowest BCUT2D eigenvalue weighted by atomic mass is 10.2. The highest BCUT2D eigenvalue weighted by atomic mass is 15.0. The second-order valence-corrected chi connectivity index (χ2v) is 3.39. The largest absolute Gasteiger partial charge is 0.336 e. The lowest BCUT2D eigenvalue weighted by Crippen LogP contribution is -2.21. The van der Waals surface area contributed by atoms with Gasteiger partial charge < -0.3 is 9.88 Å². The maximum Gasteiger partial charge on any atom is 0.109 e. The number of nitrogens with zero attached hydrogens (tertiary/aromatic N) is 2. The van der Waals surface area contributed by atoms with Crippen molar-refractivity contribution in [3.8, 4) is 6.07 Å². The molecule has 1 aromatic rings. The average Bonchev–Trinajstić information content (AvgIpc) is 2.63. The standard InChI is InChI=1S/C11H17N3/c1-3-7-13-10(2)11-5-4-8-14(11)9-6-12/h4-5,8,10,13H,3,7,9H2,1-2H3. The van der Waals surface area contributed by atoms with Gasteiger partial charge in [0.05, 0.1) is 6.07 Å². The Kier molecular flexibility index (Phi) is 4.21. The highest BCUT2D eigenvalue weighted by Gasteiger charge is 2.07. The molecule has 0 saturated heterocycles. The van der Waals surface area contributed by atoms with Crippen molar-refractivity contribution in [3.05, 3.63) is 24.0 Å². The van der Waals surface area contributed by atoms with Gasteiger partial charge in [-0.1, -0.05) is 6.92 Å². The molecule has 0 spiro atoms. The van der Waals surface area contributed by atoms with Gasteiger partial charge in [0.15, 0.2) is 0 Å². The summed E-state index contributed by atoms with van der Waals surface area (Å²) in [6.07, 6.45) is 3.08. The van der Waals surface area contributed by atoms with Crippen LogP contribution in [-0.2, 0) is 6.54 Å². The Balaban J connectivity index is 2.64. The van der Waals surface area contributed by atoms with E-state index in [0.717, 1.165) is 13.0 Å². The molecule has 14 heavy (non-hydrogen) atoms. The number of rotatable bonds is 5. The van der Waals surface area contributed by atoms with Gasteiger partial charge in [-0.25, -0.2) is 0 Å². The van der Waals surface area contributed by atoms with Crippen molar-refractivity contribution in [2.75, 3.05) is 6.54 Å². The van der Waals surface area contributed by atoms with Crippen molar-refractivity contribution in [3.63, 3.8) is 0 Å². The van der Waals surface area contributed by atoms with Crippen LogP contribution in [0.5, 0.6) is 0 Å². The van der Waals surface area contributed by atoms with Crippen LogP contribution in [0.1, 0.15) is 32.0 Å². The zero-order valence-electron chi connectivity index (χ0n) is 8.83. The zero-order valence-corrected chi connectivity index (χ0v) is 8.83. The van der Waals surface area contributed by atoms with E-state index < -0.39 is 0 Å². The van der Waals surface area contributed by atoms with Crippen LogP contribution in [0.2, 0.25) is 0 Å². The molecule has 1 unspecified atom stereocenters.